The molecule has 2 aromatic rings. The van der Waals surface area contributed by atoms with Crippen LogP contribution in [0.2, 0.25) is 0 Å². The van der Waals surface area contributed by atoms with E-state index in [4.69, 9.17) is 5.73 Å². The molecule has 6 heteroatoms. The van der Waals surface area contributed by atoms with Gasteiger partial charge in [-0.25, -0.2) is 0 Å². The number of likely N-dealkylation sites (tertiary alicyclic amines) is 1. The van der Waals surface area contributed by atoms with Gasteiger partial charge in [-0.1, -0.05) is 54.6 Å². The number of nitrogens with zero attached hydrogens (tertiary/aromatic N) is 2. The maximum absolute atomic E-state index is 11.5. The number of aryl methyl sites for hydroxylation is 1. The summed E-state index contributed by atoms with van der Waals surface area (Å²) in [6.07, 6.45) is 4.02. The van der Waals surface area contributed by atoms with Gasteiger partial charge in [-0.3, -0.25) is 14.7 Å². The summed E-state index contributed by atoms with van der Waals surface area (Å²) in [5.41, 5.74) is 9.35. The van der Waals surface area contributed by atoms with E-state index in [9.17, 15) is 4.79 Å². The smallest absolute Gasteiger partial charge is 0.221 e. The van der Waals surface area contributed by atoms with E-state index in [0.717, 1.165) is 51.3 Å². The number of piperidine rings is 1. The van der Waals surface area contributed by atoms with Crippen molar-refractivity contribution < 1.29 is 4.79 Å². The number of nitrogens with two attached hydrogens (primary N) is 1. The number of benzene rings is 2. The third-order valence-electron chi connectivity index (χ3n) is 6.08. The molecule has 1 fully saturated rings. The number of guanidine groups is 1. The minimum absolute atomic E-state index is 0.0214. The van der Waals surface area contributed by atoms with Crippen LogP contribution in [-0.4, -0.2) is 42.9 Å². The van der Waals surface area contributed by atoms with Crippen LogP contribution in [0.5, 0.6) is 0 Å². The number of carbonyl (C=O) groups is 1. The number of hydrogen-bond donors (Lipinski definition) is 3. The van der Waals surface area contributed by atoms with Crippen molar-refractivity contribution in [3.63, 3.8) is 0 Å². The van der Waals surface area contributed by atoms with Crippen molar-refractivity contribution in [3.05, 3.63) is 71.3 Å². The van der Waals surface area contributed by atoms with Crippen molar-refractivity contribution in [1.29, 1.82) is 0 Å². The standard InChI is InChI=1S/C26H37N5O/c1-20(13-14-21-8-4-3-5-9-21)30-26(28-2)29-17-22-10-6-11-23(16-22)18-31-15-7-12-24(19-31)25(27)32/h3-6,8-11,16,20,24H,7,12-15,17-19H2,1-2H3,(H2,27,32)(H2,28,29,30). The fourth-order valence-corrected chi connectivity index (χ4v) is 4.24. The molecule has 2 aromatic carbocycles. The molecule has 1 aliphatic rings. The van der Waals surface area contributed by atoms with Gasteiger partial charge in [0.05, 0.1) is 5.92 Å². The molecule has 2 atom stereocenters. The molecule has 1 saturated heterocycles. The van der Waals surface area contributed by atoms with E-state index in [-0.39, 0.29) is 11.8 Å². The van der Waals surface area contributed by atoms with Crippen LogP contribution in [0.4, 0.5) is 0 Å². The van der Waals surface area contributed by atoms with Gasteiger partial charge in [0.2, 0.25) is 5.91 Å². The van der Waals surface area contributed by atoms with E-state index in [0.29, 0.717) is 12.6 Å². The minimum atomic E-state index is -0.176. The number of carbonyl (C=O) groups excluding carboxylic acids is 1. The minimum Gasteiger partial charge on any atom is -0.369 e. The molecule has 0 saturated carbocycles. The zero-order valence-corrected chi connectivity index (χ0v) is 19.4. The molecule has 4 N–H and O–H groups in total. The predicted molar refractivity (Wildman–Crippen MR) is 131 cm³/mol. The lowest BCUT2D eigenvalue weighted by molar-refractivity contribution is -0.123. The van der Waals surface area contributed by atoms with Gasteiger partial charge in [0.1, 0.15) is 0 Å². The van der Waals surface area contributed by atoms with Crippen LogP contribution in [0.15, 0.2) is 59.6 Å². The Morgan fingerprint density at radius 1 is 1.16 bits per heavy atom. The molecule has 0 aromatic heterocycles. The van der Waals surface area contributed by atoms with Gasteiger partial charge in [-0.2, -0.15) is 0 Å². The molecule has 1 heterocycles. The highest BCUT2D eigenvalue weighted by Crippen LogP contribution is 2.18. The number of nitrogens with one attached hydrogen (secondary N) is 2. The van der Waals surface area contributed by atoms with Crippen LogP contribution in [-0.2, 0) is 24.3 Å². The first-order valence-corrected chi connectivity index (χ1v) is 11.6. The molecule has 32 heavy (non-hydrogen) atoms. The summed E-state index contributed by atoms with van der Waals surface area (Å²) < 4.78 is 0. The third kappa shape index (κ3) is 7.68. The summed E-state index contributed by atoms with van der Waals surface area (Å²) >= 11 is 0. The fraction of sp³-hybridized carbons (Fsp3) is 0.462. The maximum Gasteiger partial charge on any atom is 0.221 e. The molecule has 1 amide bonds. The Morgan fingerprint density at radius 3 is 2.66 bits per heavy atom. The summed E-state index contributed by atoms with van der Waals surface area (Å²) in [7, 11) is 1.81. The van der Waals surface area contributed by atoms with E-state index < -0.39 is 0 Å². The number of hydrogen-bond acceptors (Lipinski definition) is 3. The van der Waals surface area contributed by atoms with Gasteiger partial charge in [0.25, 0.3) is 0 Å². The van der Waals surface area contributed by atoms with Crippen LogP contribution in [0, 0.1) is 5.92 Å². The fourth-order valence-electron chi connectivity index (χ4n) is 4.24. The molecule has 6 nitrogen and oxygen atoms in total. The molecule has 0 spiro atoms. The summed E-state index contributed by atoms with van der Waals surface area (Å²) in [5, 5.41) is 6.92. The summed E-state index contributed by atoms with van der Waals surface area (Å²) in [5.74, 6) is 0.618. The van der Waals surface area contributed by atoms with Crippen LogP contribution in [0.1, 0.15) is 42.9 Å². The van der Waals surface area contributed by atoms with Crippen LogP contribution < -0.4 is 16.4 Å². The van der Waals surface area contributed by atoms with Crippen LogP contribution in [0.25, 0.3) is 0 Å². The highest BCUT2D eigenvalue weighted by Gasteiger charge is 2.23. The van der Waals surface area contributed by atoms with Crippen molar-refractivity contribution >= 4 is 11.9 Å². The van der Waals surface area contributed by atoms with Gasteiger partial charge < -0.3 is 16.4 Å². The normalized spacial score (nSPS) is 18.2. The van der Waals surface area contributed by atoms with Gasteiger partial charge in [-0.15, -0.1) is 0 Å². The van der Waals surface area contributed by atoms with Crippen molar-refractivity contribution in [3.8, 4) is 0 Å². The average molecular weight is 436 g/mol. The predicted octanol–water partition coefficient (Wildman–Crippen LogP) is 3.07. The first-order valence-electron chi connectivity index (χ1n) is 11.6. The Kier molecular flexibility index (Phi) is 9.11. The molecular weight excluding hydrogens is 398 g/mol. The molecule has 0 radical (unpaired) electrons. The number of rotatable bonds is 9. The zero-order valence-electron chi connectivity index (χ0n) is 19.4. The molecular formula is C26H37N5O. The second-order valence-corrected chi connectivity index (χ2v) is 8.79. The van der Waals surface area contributed by atoms with Crippen molar-refractivity contribution in [2.75, 3.05) is 20.1 Å². The van der Waals surface area contributed by atoms with Gasteiger partial charge in [-0.05, 0) is 55.8 Å². The Labute approximate surface area is 192 Å². The molecule has 2 unspecified atom stereocenters. The third-order valence-corrected chi connectivity index (χ3v) is 6.08. The number of primary amides is 1. The number of amides is 1. The van der Waals surface area contributed by atoms with Crippen LogP contribution >= 0.6 is 0 Å². The second kappa shape index (κ2) is 12.2. The van der Waals surface area contributed by atoms with Crippen molar-refractivity contribution in [2.24, 2.45) is 16.6 Å². The van der Waals surface area contributed by atoms with E-state index in [1.807, 2.05) is 0 Å². The maximum atomic E-state index is 11.5. The summed E-state index contributed by atoms with van der Waals surface area (Å²) in [6, 6.07) is 19.5. The molecule has 0 aliphatic carbocycles. The highest BCUT2D eigenvalue weighted by atomic mass is 16.1. The largest absolute Gasteiger partial charge is 0.369 e. The van der Waals surface area contributed by atoms with Crippen LogP contribution in [0.3, 0.4) is 0 Å². The zero-order chi connectivity index (χ0) is 22.8. The Balaban J connectivity index is 1.46. The molecule has 3 rings (SSSR count). The lowest BCUT2D eigenvalue weighted by atomic mass is 9.97. The first-order chi connectivity index (χ1) is 15.5. The van der Waals surface area contributed by atoms with Crippen molar-refractivity contribution in [2.45, 2.75) is 51.7 Å². The monoisotopic (exact) mass is 435 g/mol. The SMILES string of the molecule is CN=C(NCc1cccc(CN2CCCC(C(N)=O)C2)c1)NC(C)CCc1ccccc1. The molecule has 0 bridgehead atoms. The topological polar surface area (TPSA) is 82.8 Å². The first kappa shape index (κ1) is 23.8. The van der Waals surface area contributed by atoms with E-state index in [1.54, 1.807) is 7.05 Å². The average Bonchev–Trinajstić information content (AvgIpc) is 2.81. The molecule has 172 valence electrons. The van der Waals surface area contributed by atoms with E-state index in [1.165, 1.54) is 16.7 Å². The lowest BCUT2D eigenvalue weighted by Gasteiger charge is -2.31. The van der Waals surface area contributed by atoms with Gasteiger partial charge in [0.15, 0.2) is 5.96 Å². The van der Waals surface area contributed by atoms with Gasteiger partial charge in [0, 0.05) is 32.7 Å². The highest BCUT2D eigenvalue weighted by molar-refractivity contribution is 5.79. The number of aliphatic imine (C=N–C) groups is 1. The molecule has 1 aliphatic heterocycles. The summed E-state index contributed by atoms with van der Waals surface area (Å²) in [6.45, 7) is 5.53. The second-order valence-electron chi connectivity index (χ2n) is 8.79. The van der Waals surface area contributed by atoms with E-state index in [2.05, 4.69) is 82.0 Å². The Morgan fingerprint density at radius 2 is 1.91 bits per heavy atom. The van der Waals surface area contributed by atoms with E-state index >= 15 is 0 Å². The lowest BCUT2D eigenvalue weighted by Crippen LogP contribution is -2.42. The quantitative estimate of drug-likeness (QED) is 0.418. The Hall–Kier alpha value is -2.86. The van der Waals surface area contributed by atoms with Gasteiger partial charge >= 0.3 is 0 Å². The summed E-state index contributed by atoms with van der Waals surface area (Å²) in [4.78, 5) is 18.3. The Bertz CT molecular complexity index is 883. The van der Waals surface area contributed by atoms with Crippen molar-refractivity contribution in [1.82, 2.24) is 15.5 Å².